The molecule has 2 rings (SSSR count). The van der Waals surface area contributed by atoms with Crippen LogP contribution in [0.15, 0.2) is 18.3 Å². The van der Waals surface area contributed by atoms with Gasteiger partial charge in [-0.3, -0.25) is 4.79 Å². The Balaban J connectivity index is 2.12. The molecule has 104 valence electrons. The third kappa shape index (κ3) is 3.55. The van der Waals surface area contributed by atoms with E-state index in [-0.39, 0.29) is 5.78 Å². The van der Waals surface area contributed by atoms with Crippen molar-refractivity contribution >= 4 is 11.6 Å². The number of rotatable bonds is 4. The summed E-state index contributed by atoms with van der Waals surface area (Å²) in [6.07, 6.45) is 8.13. The van der Waals surface area contributed by atoms with Crippen molar-refractivity contribution in [2.75, 3.05) is 18.0 Å². The quantitative estimate of drug-likeness (QED) is 0.774. The van der Waals surface area contributed by atoms with Crippen molar-refractivity contribution in [3.8, 4) is 0 Å². The molecule has 2 heterocycles. The topological polar surface area (TPSA) is 33.2 Å². The molecule has 0 aliphatic carbocycles. The van der Waals surface area contributed by atoms with Gasteiger partial charge in [0.2, 0.25) is 0 Å². The molecular weight excluding hydrogens is 236 g/mol. The Morgan fingerprint density at radius 2 is 2.26 bits per heavy atom. The zero-order valence-electron chi connectivity index (χ0n) is 12.1. The minimum Gasteiger partial charge on any atom is -0.356 e. The first kappa shape index (κ1) is 14.0. The van der Waals surface area contributed by atoms with Crippen LogP contribution in [0.25, 0.3) is 0 Å². The van der Waals surface area contributed by atoms with Crippen LogP contribution in [0, 0.1) is 5.92 Å². The van der Waals surface area contributed by atoms with Crippen LogP contribution in [0.3, 0.4) is 0 Å². The zero-order chi connectivity index (χ0) is 13.7. The van der Waals surface area contributed by atoms with Crippen LogP contribution in [0.4, 0.5) is 5.82 Å². The minimum absolute atomic E-state index is 0.109. The molecule has 19 heavy (non-hydrogen) atoms. The molecule has 1 fully saturated rings. The van der Waals surface area contributed by atoms with Gasteiger partial charge >= 0.3 is 0 Å². The molecule has 0 N–H and O–H groups in total. The van der Waals surface area contributed by atoms with E-state index in [1.54, 1.807) is 13.1 Å². The standard InChI is InChI=1S/C16H24N2O/c1-3-6-14-7-5-11-18(12-9-14)16-15(13(2)19)8-4-10-17-16/h4,8,10,14H,3,5-7,9,11-12H2,1-2H3. The fourth-order valence-electron chi connectivity index (χ4n) is 3.00. The van der Waals surface area contributed by atoms with Crippen molar-refractivity contribution in [3.05, 3.63) is 23.9 Å². The maximum atomic E-state index is 11.7. The second-order valence-corrected chi connectivity index (χ2v) is 5.50. The molecule has 1 aromatic heterocycles. The molecule has 1 aliphatic heterocycles. The fraction of sp³-hybridized carbons (Fsp3) is 0.625. The van der Waals surface area contributed by atoms with Crippen LogP contribution in [-0.4, -0.2) is 23.9 Å². The van der Waals surface area contributed by atoms with Gasteiger partial charge in [-0.25, -0.2) is 4.98 Å². The van der Waals surface area contributed by atoms with E-state index in [9.17, 15) is 4.79 Å². The Morgan fingerprint density at radius 3 is 3.00 bits per heavy atom. The monoisotopic (exact) mass is 260 g/mol. The molecule has 0 aromatic carbocycles. The van der Waals surface area contributed by atoms with Gasteiger partial charge in [0.15, 0.2) is 5.78 Å². The van der Waals surface area contributed by atoms with Gasteiger partial charge in [0, 0.05) is 19.3 Å². The normalized spacial score (nSPS) is 20.1. The van der Waals surface area contributed by atoms with Crippen molar-refractivity contribution in [2.45, 2.75) is 46.0 Å². The Hall–Kier alpha value is -1.38. The molecular formula is C16H24N2O. The third-order valence-corrected chi connectivity index (χ3v) is 4.01. The van der Waals surface area contributed by atoms with E-state index in [1.165, 1.54) is 32.1 Å². The van der Waals surface area contributed by atoms with Gasteiger partial charge in [-0.15, -0.1) is 0 Å². The summed E-state index contributed by atoms with van der Waals surface area (Å²) < 4.78 is 0. The van der Waals surface area contributed by atoms with E-state index < -0.39 is 0 Å². The van der Waals surface area contributed by atoms with Gasteiger partial charge < -0.3 is 4.90 Å². The predicted molar refractivity (Wildman–Crippen MR) is 78.7 cm³/mol. The van der Waals surface area contributed by atoms with E-state index in [0.29, 0.717) is 0 Å². The number of nitrogens with zero attached hydrogens (tertiary/aromatic N) is 2. The van der Waals surface area contributed by atoms with Crippen molar-refractivity contribution in [1.82, 2.24) is 4.98 Å². The number of anilines is 1. The lowest BCUT2D eigenvalue weighted by Gasteiger charge is -2.23. The first-order chi connectivity index (χ1) is 9.22. The predicted octanol–water partition coefficient (Wildman–Crippen LogP) is 3.69. The first-order valence-electron chi connectivity index (χ1n) is 7.43. The lowest BCUT2D eigenvalue weighted by Crippen LogP contribution is -2.27. The van der Waals surface area contributed by atoms with Crippen LogP contribution in [-0.2, 0) is 0 Å². The van der Waals surface area contributed by atoms with Gasteiger partial charge in [-0.2, -0.15) is 0 Å². The molecule has 3 heteroatoms. The number of Topliss-reactive ketones (excluding diaryl/α,β-unsaturated/α-hetero) is 1. The molecule has 0 saturated carbocycles. The van der Waals surface area contributed by atoms with Gasteiger partial charge in [-0.05, 0) is 44.2 Å². The highest BCUT2D eigenvalue weighted by molar-refractivity contribution is 5.98. The molecule has 1 saturated heterocycles. The highest BCUT2D eigenvalue weighted by Gasteiger charge is 2.20. The smallest absolute Gasteiger partial charge is 0.163 e. The Morgan fingerprint density at radius 1 is 1.42 bits per heavy atom. The van der Waals surface area contributed by atoms with Crippen LogP contribution >= 0.6 is 0 Å². The molecule has 0 spiro atoms. The molecule has 1 atom stereocenters. The average Bonchev–Trinajstić information content (AvgIpc) is 2.65. The minimum atomic E-state index is 0.109. The van der Waals surface area contributed by atoms with E-state index in [2.05, 4.69) is 16.8 Å². The second kappa shape index (κ2) is 6.69. The molecule has 1 aliphatic rings. The van der Waals surface area contributed by atoms with Gasteiger partial charge in [0.25, 0.3) is 0 Å². The third-order valence-electron chi connectivity index (χ3n) is 4.01. The van der Waals surface area contributed by atoms with E-state index in [4.69, 9.17) is 0 Å². The molecule has 0 radical (unpaired) electrons. The van der Waals surface area contributed by atoms with Crippen molar-refractivity contribution in [1.29, 1.82) is 0 Å². The van der Waals surface area contributed by atoms with E-state index >= 15 is 0 Å². The van der Waals surface area contributed by atoms with Crippen molar-refractivity contribution < 1.29 is 4.79 Å². The summed E-state index contributed by atoms with van der Waals surface area (Å²) >= 11 is 0. The largest absolute Gasteiger partial charge is 0.356 e. The maximum absolute atomic E-state index is 11.7. The summed E-state index contributed by atoms with van der Waals surface area (Å²) in [7, 11) is 0. The summed E-state index contributed by atoms with van der Waals surface area (Å²) in [4.78, 5) is 18.4. The number of ketones is 1. The van der Waals surface area contributed by atoms with E-state index in [1.807, 2.05) is 12.1 Å². The zero-order valence-corrected chi connectivity index (χ0v) is 12.1. The molecule has 0 amide bonds. The van der Waals surface area contributed by atoms with Crippen LogP contribution in [0.5, 0.6) is 0 Å². The number of hydrogen-bond donors (Lipinski definition) is 0. The average molecular weight is 260 g/mol. The Bertz CT molecular complexity index is 431. The molecule has 1 aromatic rings. The van der Waals surface area contributed by atoms with Gasteiger partial charge in [0.1, 0.15) is 5.82 Å². The summed E-state index contributed by atoms with van der Waals surface area (Å²) in [6.45, 7) is 5.94. The lowest BCUT2D eigenvalue weighted by atomic mass is 9.96. The van der Waals surface area contributed by atoms with Crippen molar-refractivity contribution in [3.63, 3.8) is 0 Å². The summed E-state index contributed by atoms with van der Waals surface area (Å²) in [6, 6.07) is 3.73. The second-order valence-electron chi connectivity index (χ2n) is 5.50. The summed E-state index contributed by atoms with van der Waals surface area (Å²) in [5.41, 5.74) is 0.761. The first-order valence-corrected chi connectivity index (χ1v) is 7.43. The number of pyridine rings is 1. The summed E-state index contributed by atoms with van der Waals surface area (Å²) in [5.74, 6) is 1.84. The Labute approximate surface area is 116 Å². The lowest BCUT2D eigenvalue weighted by molar-refractivity contribution is 0.101. The number of hydrogen-bond acceptors (Lipinski definition) is 3. The van der Waals surface area contributed by atoms with Gasteiger partial charge in [-0.1, -0.05) is 19.8 Å². The van der Waals surface area contributed by atoms with Crippen LogP contribution < -0.4 is 4.90 Å². The van der Waals surface area contributed by atoms with Crippen molar-refractivity contribution in [2.24, 2.45) is 5.92 Å². The Kier molecular flexibility index (Phi) is 4.94. The molecule has 0 bridgehead atoms. The SMILES string of the molecule is CCCC1CCCN(c2ncccc2C(C)=O)CC1. The van der Waals surface area contributed by atoms with Crippen LogP contribution in [0.1, 0.15) is 56.3 Å². The maximum Gasteiger partial charge on any atom is 0.163 e. The highest BCUT2D eigenvalue weighted by atomic mass is 16.1. The summed E-state index contributed by atoms with van der Waals surface area (Å²) in [5, 5.41) is 0. The van der Waals surface area contributed by atoms with Gasteiger partial charge in [0.05, 0.1) is 5.56 Å². The van der Waals surface area contributed by atoms with Crippen LogP contribution in [0.2, 0.25) is 0 Å². The fourth-order valence-corrected chi connectivity index (χ4v) is 3.00. The molecule has 3 nitrogen and oxygen atoms in total. The van der Waals surface area contributed by atoms with E-state index in [0.717, 1.165) is 30.4 Å². The molecule has 1 unspecified atom stereocenters. The highest BCUT2D eigenvalue weighted by Crippen LogP contribution is 2.26. The number of aromatic nitrogens is 1. The number of carbonyl (C=O) groups excluding carboxylic acids is 1. The number of carbonyl (C=O) groups is 1.